The molecule has 7 nitrogen and oxygen atoms in total. The Morgan fingerprint density at radius 2 is 1.85 bits per heavy atom. The van der Waals surface area contributed by atoms with Crippen LogP contribution >= 0.6 is 11.3 Å². The number of nitrogens with zero attached hydrogens (tertiary/aromatic N) is 5. The predicted octanol–water partition coefficient (Wildman–Crippen LogP) is 8.95. The monoisotopic (exact) mass is 679 g/mol. The third kappa shape index (κ3) is 11.7. The van der Waals surface area contributed by atoms with Crippen molar-refractivity contribution in [3.8, 4) is 0 Å². The minimum Gasteiger partial charge on any atom is -0.384 e. The van der Waals surface area contributed by atoms with Gasteiger partial charge < -0.3 is 20.1 Å². The lowest BCUT2D eigenvalue weighted by Gasteiger charge is -2.33. The molecule has 2 unspecified atom stereocenters. The van der Waals surface area contributed by atoms with E-state index in [1.807, 2.05) is 31.2 Å². The molecule has 0 aliphatic carbocycles. The highest BCUT2D eigenvalue weighted by Gasteiger charge is 2.32. The number of amidine groups is 1. The van der Waals surface area contributed by atoms with Gasteiger partial charge >= 0.3 is 6.18 Å². The van der Waals surface area contributed by atoms with Crippen LogP contribution in [-0.4, -0.2) is 78.6 Å². The highest BCUT2D eigenvalue weighted by molar-refractivity contribution is 7.09. The topological polar surface area (TPSA) is 69.8 Å². The number of benzene rings is 1. The summed E-state index contributed by atoms with van der Waals surface area (Å²) in [7, 11) is 1.87. The number of likely N-dealkylation sites (tertiary alicyclic amines) is 1. The second-order valence-corrected chi connectivity index (χ2v) is 13.3. The Morgan fingerprint density at radius 1 is 1.17 bits per heavy atom. The first-order chi connectivity index (χ1) is 22.2. The number of alkyl halides is 4. The quantitative estimate of drug-likeness (QED) is 0.0972. The zero-order valence-corrected chi connectivity index (χ0v) is 30.1. The zero-order valence-electron chi connectivity index (χ0n) is 29.3. The van der Waals surface area contributed by atoms with Crippen LogP contribution in [-0.2, 0) is 12.0 Å². The number of nitrogens with one attached hydrogen (secondary N) is 2. The van der Waals surface area contributed by atoms with Crippen molar-refractivity contribution >= 4 is 46.2 Å². The van der Waals surface area contributed by atoms with E-state index in [1.54, 1.807) is 35.6 Å². The van der Waals surface area contributed by atoms with Gasteiger partial charge in [0.2, 0.25) is 0 Å². The molecule has 1 aromatic carbocycles. The van der Waals surface area contributed by atoms with Crippen LogP contribution in [0.1, 0.15) is 84.1 Å². The Labute approximate surface area is 282 Å². The molecule has 47 heavy (non-hydrogen) atoms. The average Bonchev–Trinajstić information content (AvgIpc) is 3.64. The molecule has 1 saturated heterocycles. The van der Waals surface area contributed by atoms with Crippen molar-refractivity contribution in [1.29, 1.82) is 0 Å². The van der Waals surface area contributed by atoms with E-state index in [0.717, 1.165) is 21.8 Å². The number of hydrogen-bond acceptors (Lipinski definition) is 6. The van der Waals surface area contributed by atoms with Crippen LogP contribution < -0.4 is 10.6 Å². The molecule has 12 heteroatoms. The maximum Gasteiger partial charge on any atom is 0.406 e. The van der Waals surface area contributed by atoms with E-state index in [2.05, 4.69) is 73.5 Å². The molecular formula is C35H53F4N7S. The van der Waals surface area contributed by atoms with Gasteiger partial charge in [-0.25, -0.2) is 14.4 Å². The molecule has 262 valence electrons. The molecule has 3 heterocycles. The Kier molecular flexibility index (Phi) is 15.6. The molecule has 1 aliphatic heterocycles. The summed E-state index contributed by atoms with van der Waals surface area (Å²) >= 11 is 1.59. The molecule has 2 aromatic heterocycles. The number of rotatable bonds is 10. The standard InChI is InChI=1S/C30H39F4N7S.C3H8.C2H6/c1-19(24-17-42-28(39-24)29(2,3)4)36-12-8-13-37-27(35-5)26-15-20-22(38-23-11-14-40(6)16-21(23)31)9-7-10-25(20)41(26)18-30(32,33)34;1-3-2;1-2/h7,9-10,15,17,21,23,36,38H,1,5,8,11-14,16,18H2,2-4,6H3;3H2,1-2H3;1-2H3. The fourth-order valence-corrected chi connectivity index (χ4v) is 5.85. The molecule has 0 spiro atoms. The van der Waals surface area contributed by atoms with Crippen molar-refractivity contribution in [3.05, 3.63) is 52.6 Å². The van der Waals surface area contributed by atoms with Gasteiger partial charge in [-0.3, -0.25) is 4.99 Å². The molecule has 1 aliphatic rings. The van der Waals surface area contributed by atoms with Gasteiger partial charge in [0.15, 0.2) is 5.84 Å². The fraction of sp³-hybridized carbons (Fsp3) is 0.571. The first-order valence-electron chi connectivity index (χ1n) is 16.4. The van der Waals surface area contributed by atoms with Crippen LogP contribution in [0.15, 0.2) is 46.2 Å². The molecule has 0 amide bonds. The number of fused-ring (bicyclic) bond motifs is 1. The number of piperidine rings is 1. The van der Waals surface area contributed by atoms with E-state index in [4.69, 9.17) is 0 Å². The SMILES string of the molecule is C=NC(=NCCCNC(=C)c1csc(C(C)(C)C)n1)c1cc2c(NC3CCN(C)CC3F)cccc2n1CC(F)(F)F.CC.CCC. The van der Waals surface area contributed by atoms with Gasteiger partial charge in [0, 0.05) is 48.0 Å². The summed E-state index contributed by atoms with van der Waals surface area (Å²) in [6.45, 7) is 22.9. The lowest BCUT2D eigenvalue weighted by molar-refractivity contribution is -0.139. The lowest BCUT2D eigenvalue weighted by Crippen LogP contribution is -2.46. The van der Waals surface area contributed by atoms with Crippen molar-refractivity contribution in [1.82, 2.24) is 19.8 Å². The van der Waals surface area contributed by atoms with Gasteiger partial charge in [-0.15, -0.1) is 11.3 Å². The maximum absolute atomic E-state index is 14.8. The Hall–Kier alpha value is -3.25. The molecular weight excluding hydrogens is 626 g/mol. The molecule has 3 aromatic rings. The molecule has 0 radical (unpaired) electrons. The fourth-order valence-electron chi connectivity index (χ4n) is 4.93. The number of hydrogen-bond donors (Lipinski definition) is 2. The highest BCUT2D eigenvalue weighted by Crippen LogP contribution is 2.32. The zero-order chi connectivity index (χ0) is 35.4. The summed E-state index contributed by atoms with van der Waals surface area (Å²) in [4.78, 5) is 15.1. The van der Waals surface area contributed by atoms with Crippen molar-refractivity contribution in [2.45, 2.75) is 98.1 Å². The van der Waals surface area contributed by atoms with Crippen LogP contribution in [0.5, 0.6) is 0 Å². The minimum atomic E-state index is -4.47. The molecule has 4 rings (SSSR count). The van der Waals surface area contributed by atoms with Gasteiger partial charge in [0.25, 0.3) is 0 Å². The largest absolute Gasteiger partial charge is 0.406 e. The molecule has 1 fully saturated rings. The Bertz CT molecular complexity index is 1450. The molecule has 2 N–H and O–H groups in total. The van der Waals surface area contributed by atoms with Crippen LogP contribution in [0, 0.1) is 0 Å². The van der Waals surface area contributed by atoms with Gasteiger partial charge in [-0.2, -0.15) is 13.2 Å². The summed E-state index contributed by atoms with van der Waals surface area (Å²) in [6, 6.07) is 6.26. The van der Waals surface area contributed by atoms with E-state index in [-0.39, 0.29) is 16.9 Å². The lowest BCUT2D eigenvalue weighted by atomic mass is 9.98. The summed E-state index contributed by atoms with van der Waals surface area (Å²) < 4.78 is 57.0. The molecule has 0 saturated carbocycles. The second-order valence-electron chi connectivity index (χ2n) is 12.4. The van der Waals surface area contributed by atoms with Crippen LogP contribution in [0.4, 0.5) is 23.2 Å². The van der Waals surface area contributed by atoms with Crippen molar-refractivity contribution < 1.29 is 17.6 Å². The van der Waals surface area contributed by atoms with E-state index in [1.165, 1.54) is 6.42 Å². The number of thiazole rings is 1. The number of aromatic nitrogens is 2. The first-order valence-corrected chi connectivity index (χ1v) is 17.2. The van der Waals surface area contributed by atoms with E-state index >= 15 is 0 Å². The van der Waals surface area contributed by atoms with E-state index in [9.17, 15) is 17.6 Å². The van der Waals surface area contributed by atoms with Gasteiger partial charge in [-0.1, -0.05) is 67.5 Å². The summed E-state index contributed by atoms with van der Waals surface area (Å²) in [6.07, 6.45) is -3.13. The average molecular weight is 680 g/mol. The third-order valence-electron chi connectivity index (χ3n) is 7.14. The first kappa shape index (κ1) is 39.9. The van der Waals surface area contributed by atoms with Crippen molar-refractivity contribution in [3.63, 3.8) is 0 Å². The molecule has 0 bridgehead atoms. The predicted molar refractivity (Wildman–Crippen MR) is 193 cm³/mol. The second kappa shape index (κ2) is 18.3. The number of aliphatic imine (C=N–C) groups is 2. The van der Waals surface area contributed by atoms with Gasteiger partial charge in [-0.05, 0) is 44.8 Å². The van der Waals surface area contributed by atoms with Crippen molar-refractivity contribution in [2.24, 2.45) is 9.98 Å². The van der Waals surface area contributed by atoms with Gasteiger partial charge in [0.1, 0.15) is 12.7 Å². The Morgan fingerprint density at radius 3 is 2.43 bits per heavy atom. The smallest absolute Gasteiger partial charge is 0.384 e. The highest BCUT2D eigenvalue weighted by atomic mass is 32.1. The van der Waals surface area contributed by atoms with Crippen molar-refractivity contribution in [2.75, 3.05) is 38.5 Å². The number of anilines is 1. The van der Waals surface area contributed by atoms with E-state index < -0.39 is 24.9 Å². The normalized spacial score (nSPS) is 17.3. The maximum atomic E-state index is 14.8. The molecule has 2 atom stereocenters. The van der Waals surface area contributed by atoms with Gasteiger partial charge in [0.05, 0.1) is 33.7 Å². The van der Waals surface area contributed by atoms with Crippen LogP contribution in [0.25, 0.3) is 16.6 Å². The summed E-state index contributed by atoms with van der Waals surface area (Å²) in [5, 5.41) is 10.0. The number of halogens is 4. The minimum absolute atomic E-state index is 0.0417. The third-order valence-corrected chi connectivity index (χ3v) is 8.41. The van der Waals surface area contributed by atoms with E-state index in [0.29, 0.717) is 54.8 Å². The van der Waals surface area contributed by atoms with Crippen LogP contribution in [0.3, 0.4) is 0 Å². The summed E-state index contributed by atoms with van der Waals surface area (Å²) in [5.74, 6) is 0.122. The Balaban J connectivity index is 0.00000145. The summed E-state index contributed by atoms with van der Waals surface area (Å²) in [5.41, 5.74) is 2.61. The van der Waals surface area contributed by atoms with Crippen LogP contribution in [0.2, 0.25) is 0 Å².